The fourth-order valence-electron chi connectivity index (χ4n) is 1.37. The summed E-state index contributed by atoms with van der Waals surface area (Å²) in [4.78, 5) is 12.8. The second kappa shape index (κ2) is 5.80. The molecular weight excluding hydrogens is 268 g/mol. The Kier molecular flexibility index (Phi) is 4.12. The number of hydrogen-bond acceptors (Lipinski definition) is 3. The van der Waals surface area contributed by atoms with Gasteiger partial charge in [0.05, 0.1) is 5.71 Å². The van der Waals surface area contributed by atoms with E-state index in [1.165, 1.54) is 0 Å². The lowest BCUT2D eigenvalue weighted by atomic mass is 10.2. The predicted octanol–water partition coefficient (Wildman–Crippen LogP) is 3.56. The van der Waals surface area contributed by atoms with E-state index >= 15 is 0 Å². The number of halogens is 1. The van der Waals surface area contributed by atoms with Crippen molar-refractivity contribution < 1.29 is 4.79 Å². The lowest BCUT2D eigenvalue weighted by Crippen LogP contribution is -2.19. The molecule has 1 amide bonds. The summed E-state index contributed by atoms with van der Waals surface area (Å²) in [6.07, 6.45) is 0. The Morgan fingerprint density at radius 2 is 2.17 bits per heavy atom. The number of hydrogen-bond donors (Lipinski definition) is 1. The van der Waals surface area contributed by atoms with Crippen molar-refractivity contribution in [3.63, 3.8) is 0 Å². The second-order valence-electron chi connectivity index (χ2n) is 3.63. The van der Waals surface area contributed by atoms with Crippen molar-refractivity contribution in [3.05, 3.63) is 57.2 Å². The van der Waals surface area contributed by atoms with Crippen LogP contribution in [0.5, 0.6) is 0 Å². The summed E-state index contributed by atoms with van der Waals surface area (Å²) < 4.78 is 0. The van der Waals surface area contributed by atoms with E-state index in [9.17, 15) is 4.79 Å². The van der Waals surface area contributed by atoms with Crippen molar-refractivity contribution in [1.29, 1.82) is 0 Å². The molecule has 1 aromatic carbocycles. The van der Waals surface area contributed by atoms with E-state index < -0.39 is 0 Å². The number of benzene rings is 1. The summed E-state index contributed by atoms with van der Waals surface area (Å²) in [5.74, 6) is -0.270. The Morgan fingerprint density at radius 1 is 1.33 bits per heavy atom. The molecule has 5 heteroatoms. The molecule has 0 atom stereocenters. The van der Waals surface area contributed by atoms with Crippen LogP contribution in [-0.2, 0) is 0 Å². The minimum atomic E-state index is -0.270. The molecule has 0 aliphatic rings. The normalized spacial score (nSPS) is 11.3. The molecule has 0 saturated carbocycles. The zero-order chi connectivity index (χ0) is 13.0. The number of carbonyl (C=O) groups is 1. The summed E-state index contributed by atoms with van der Waals surface area (Å²) >= 11 is 7.40. The average Bonchev–Trinajstić information content (AvgIpc) is 2.89. The maximum atomic E-state index is 11.8. The Morgan fingerprint density at radius 3 is 2.83 bits per heavy atom. The molecule has 0 aliphatic heterocycles. The van der Waals surface area contributed by atoms with Gasteiger partial charge in [0.2, 0.25) is 0 Å². The van der Waals surface area contributed by atoms with Crippen LogP contribution in [0, 0.1) is 0 Å². The van der Waals surface area contributed by atoms with Crippen LogP contribution in [0.4, 0.5) is 0 Å². The summed E-state index contributed by atoms with van der Waals surface area (Å²) in [6, 6.07) is 10.6. The molecule has 0 unspecified atom stereocenters. The van der Waals surface area contributed by atoms with E-state index in [0.29, 0.717) is 10.6 Å². The highest BCUT2D eigenvalue weighted by Crippen LogP contribution is 2.11. The molecule has 0 radical (unpaired) electrons. The number of amides is 1. The van der Waals surface area contributed by atoms with Crippen molar-refractivity contribution >= 4 is 34.6 Å². The van der Waals surface area contributed by atoms with Gasteiger partial charge in [-0.1, -0.05) is 23.7 Å². The van der Waals surface area contributed by atoms with E-state index in [1.807, 2.05) is 24.4 Å². The molecule has 3 nitrogen and oxygen atoms in total. The van der Waals surface area contributed by atoms with Crippen molar-refractivity contribution in [2.24, 2.45) is 5.10 Å². The molecule has 0 aliphatic carbocycles. The average molecular weight is 279 g/mol. The zero-order valence-electron chi connectivity index (χ0n) is 9.68. The van der Waals surface area contributed by atoms with Gasteiger partial charge < -0.3 is 0 Å². The predicted molar refractivity (Wildman–Crippen MR) is 75.4 cm³/mol. The van der Waals surface area contributed by atoms with Gasteiger partial charge in [0.25, 0.3) is 5.91 Å². The van der Waals surface area contributed by atoms with Gasteiger partial charge in [0.1, 0.15) is 0 Å². The van der Waals surface area contributed by atoms with E-state index in [1.54, 1.807) is 35.6 Å². The molecule has 1 aromatic heterocycles. The third kappa shape index (κ3) is 3.18. The summed E-state index contributed by atoms with van der Waals surface area (Å²) in [7, 11) is 0. The third-order valence-corrected chi connectivity index (χ3v) is 3.50. The second-order valence-corrected chi connectivity index (χ2v) is 5.01. The molecule has 2 aromatic rings. The SMILES string of the molecule is C/C(=N/NC(=O)c1cccc(Cl)c1)c1cccs1. The van der Waals surface area contributed by atoms with Crippen molar-refractivity contribution in [2.75, 3.05) is 0 Å². The molecular formula is C13H11ClN2OS. The van der Waals surface area contributed by atoms with Gasteiger partial charge in [-0.25, -0.2) is 5.43 Å². The van der Waals surface area contributed by atoms with Crippen molar-refractivity contribution in [2.45, 2.75) is 6.92 Å². The number of thiophene rings is 1. The maximum absolute atomic E-state index is 11.8. The fraction of sp³-hybridized carbons (Fsp3) is 0.0769. The van der Waals surface area contributed by atoms with Crippen LogP contribution in [0.1, 0.15) is 22.2 Å². The Bertz CT molecular complexity index is 578. The minimum absolute atomic E-state index is 0.270. The quantitative estimate of drug-likeness (QED) is 0.677. The lowest BCUT2D eigenvalue weighted by molar-refractivity contribution is 0.0955. The zero-order valence-corrected chi connectivity index (χ0v) is 11.3. The fourth-order valence-corrected chi connectivity index (χ4v) is 2.24. The Labute approximate surface area is 114 Å². The molecule has 0 fully saturated rings. The largest absolute Gasteiger partial charge is 0.271 e. The standard InChI is InChI=1S/C13H11ClN2OS/c1-9(12-6-3-7-18-12)15-16-13(17)10-4-2-5-11(14)8-10/h2-8H,1H3,(H,16,17)/b15-9-. The van der Waals surface area contributed by atoms with Crippen LogP contribution in [-0.4, -0.2) is 11.6 Å². The van der Waals surface area contributed by atoms with Crippen molar-refractivity contribution in [1.82, 2.24) is 5.43 Å². The number of hydrazone groups is 1. The summed E-state index contributed by atoms with van der Waals surface area (Å²) in [6.45, 7) is 1.85. The van der Waals surface area contributed by atoms with E-state index in [2.05, 4.69) is 10.5 Å². The van der Waals surface area contributed by atoms with E-state index in [4.69, 9.17) is 11.6 Å². The van der Waals surface area contributed by atoms with Crippen molar-refractivity contribution in [3.8, 4) is 0 Å². The molecule has 92 valence electrons. The smallest absolute Gasteiger partial charge is 0.267 e. The molecule has 18 heavy (non-hydrogen) atoms. The molecule has 2 rings (SSSR count). The lowest BCUT2D eigenvalue weighted by Gasteiger charge is -2.01. The number of rotatable bonds is 3. The van der Waals surface area contributed by atoms with Crippen LogP contribution in [0.15, 0.2) is 46.9 Å². The molecule has 1 N–H and O–H groups in total. The van der Waals surface area contributed by atoms with Crippen LogP contribution >= 0.6 is 22.9 Å². The molecule has 0 saturated heterocycles. The van der Waals surface area contributed by atoms with Crippen LogP contribution in [0.2, 0.25) is 5.02 Å². The van der Waals surface area contributed by atoms with Gasteiger partial charge in [-0.15, -0.1) is 11.3 Å². The van der Waals surface area contributed by atoms with E-state index in [0.717, 1.165) is 10.6 Å². The van der Waals surface area contributed by atoms with Gasteiger partial charge in [-0.3, -0.25) is 4.79 Å². The first kappa shape index (κ1) is 12.8. The van der Waals surface area contributed by atoms with Gasteiger partial charge in [0, 0.05) is 15.5 Å². The molecule has 0 spiro atoms. The van der Waals surface area contributed by atoms with Crippen LogP contribution < -0.4 is 5.43 Å². The highest BCUT2D eigenvalue weighted by molar-refractivity contribution is 7.12. The number of nitrogens with one attached hydrogen (secondary N) is 1. The topological polar surface area (TPSA) is 41.5 Å². The first-order valence-corrected chi connectivity index (χ1v) is 6.56. The Balaban J connectivity index is 2.07. The first-order chi connectivity index (χ1) is 8.66. The molecule has 1 heterocycles. The summed E-state index contributed by atoms with van der Waals surface area (Å²) in [5.41, 5.74) is 3.78. The van der Waals surface area contributed by atoms with Gasteiger partial charge in [0.15, 0.2) is 0 Å². The minimum Gasteiger partial charge on any atom is -0.267 e. The maximum Gasteiger partial charge on any atom is 0.271 e. The van der Waals surface area contributed by atoms with E-state index in [-0.39, 0.29) is 5.91 Å². The summed E-state index contributed by atoms with van der Waals surface area (Å²) in [5, 5.41) is 6.55. The number of nitrogens with zero attached hydrogens (tertiary/aromatic N) is 1. The van der Waals surface area contributed by atoms with Gasteiger partial charge in [-0.2, -0.15) is 5.10 Å². The monoisotopic (exact) mass is 278 g/mol. The third-order valence-electron chi connectivity index (χ3n) is 2.29. The molecule has 0 bridgehead atoms. The van der Waals surface area contributed by atoms with Gasteiger partial charge >= 0.3 is 0 Å². The van der Waals surface area contributed by atoms with Gasteiger partial charge in [-0.05, 0) is 36.6 Å². The highest BCUT2D eigenvalue weighted by Gasteiger charge is 2.05. The van der Waals surface area contributed by atoms with Crippen LogP contribution in [0.25, 0.3) is 0 Å². The number of carbonyl (C=O) groups excluding carboxylic acids is 1. The first-order valence-electron chi connectivity index (χ1n) is 5.31. The highest BCUT2D eigenvalue weighted by atomic mass is 35.5. The van der Waals surface area contributed by atoms with Crippen LogP contribution in [0.3, 0.4) is 0 Å². The Hall–Kier alpha value is -1.65.